The summed E-state index contributed by atoms with van der Waals surface area (Å²) in [6, 6.07) is 15.3. The average molecular weight is 703 g/mol. The fourth-order valence-corrected chi connectivity index (χ4v) is 5.46. The van der Waals surface area contributed by atoms with E-state index < -0.39 is 30.2 Å². The zero-order valence-electron chi connectivity index (χ0n) is 30.7. The Morgan fingerprint density at radius 3 is 2.24 bits per heavy atom. The summed E-state index contributed by atoms with van der Waals surface area (Å²) < 4.78 is 28.1. The molecule has 12 heteroatoms. The predicted octanol–water partition coefficient (Wildman–Crippen LogP) is 6.00. The number of anilines is 1. The van der Waals surface area contributed by atoms with Crippen molar-refractivity contribution >= 4 is 34.6 Å². The van der Waals surface area contributed by atoms with Crippen molar-refractivity contribution in [1.82, 2.24) is 10.6 Å². The van der Waals surface area contributed by atoms with Crippen LogP contribution in [0.15, 0.2) is 57.9 Å². The first-order chi connectivity index (χ1) is 24.4. The van der Waals surface area contributed by atoms with E-state index in [4.69, 9.17) is 23.4 Å². The van der Waals surface area contributed by atoms with Crippen molar-refractivity contribution in [3.63, 3.8) is 0 Å². The van der Waals surface area contributed by atoms with Gasteiger partial charge in [-0.05, 0) is 83.4 Å². The zero-order valence-corrected chi connectivity index (χ0v) is 30.7. The van der Waals surface area contributed by atoms with E-state index in [0.717, 1.165) is 45.2 Å². The minimum atomic E-state index is -0.618. The molecule has 274 valence electrons. The summed E-state index contributed by atoms with van der Waals surface area (Å²) in [4.78, 5) is 42.3. The van der Waals surface area contributed by atoms with E-state index in [2.05, 4.69) is 27.0 Å². The highest BCUT2D eigenvalue weighted by atomic mass is 16.6. The van der Waals surface area contributed by atoms with Crippen LogP contribution in [0.25, 0.3) is 33.4 Å². The molecule has 1 aliphatic carbocycles. The molecule has 0 spiro atoms. The lowest BCUT2D eigenvalue weighted by molar-refractivity contribution is -0.124. The van der Waals surface area contributed by atoms with Gasteiger partial charge >= 0.3 is 12.1 Å². The van der Waals surface area contributed by atoms with E-state index in [0.29, 0.717) is 55.4 Å². The largest absolute Gasteiger partial charge is 0.456 e. The minimum Gasteiger partial charge on any atom is -0.456 e. The SMILES string of the molecule is CC/N=c1\cc2oc3cc(NCC)c(C)cc3c(-c3ccccc3C(=O)OCC(=O)NCCOCCOCCNC(=O)OC(C)(C)C)c-2cc1C. The van der Waals surface area contributed by atoms with Gasteiger partial charge in [-0.1, -0.05) is 18.2 Å². The molecule has 2 amide bonds. The van der Waals surface area contributed by atoms with E-state index in [1.165, 1.54) is 0 Å². The summed E-state index contributed by atoms with van der Waals surface area (Å²) in [7, 11) is 0. The molecule has 0 fully saturated rings. The molecule has 2 aromatic carbocycles. The number of amides is 2. The molecule has 0 saturated carbocycles. The van der Waals surface area contributed by atoms with Crippen LogP contribution in [0.1, 0.15) is 56.1 Å². The molecule has 12 nitrogen and oxygen atoms in total. The number of alkyl carbamates (subject to hydrolysis) is 1. The number of ether oxygens (including phenoxy) is 4. The van der Waals surface area contributed by atoms with Crippen molar-refractivity contribution in [2.75, 3.05) is 64.5 Å². The Hall–Kier alpha value is -4.94. The lowest BCUT2D eigenvalue weighted by atomic mass is 9.89. The van der Waals surface area contributed by atoms with Gasteiger partial charge in [-0.3, -0.25) is 9.79 Å². The maximum absolute atomic E-state index is 13.5. The van der Waals surface area contributed by atoms with E-state index in [1.807, 2.05) is 58.0 Å². The van der Waals surface area contributed by atoms with E-state index in [-0.39, 0.29) is 13.2 Å². The number of hydrogen-bond acceptors (Lipinski definition) is 10. The van der Waals surface area contributed by atoms with Crippen molar-refractivity contribution < 1.29 is 37.7 Å². The van der Waals surface area contributed by atoms with Crippen LogP contribution in [-0.2, 0) is 23.7 Å². The molecule has 2 aliphatic rings. The highest BCUT2D eigenvalue weighted by molar-refractivity contribution is 6.08. The van der Waals surface area contributed by atoms with Gasteiger partial charge in [0.1, 0.15) is 16.9 Å². The molecule has 0 saturated heterocycles. The number of esters is 1. The third-order valence-corrected chi connectivity index (χ3v) is 7.68. The first-order valence-corrected chi connectivity index (χ1v) is 17.3. The molecule has 1 heterocycles. The lowest BCUT2D eigenvalue weighted by Gasteiger charge is -2.19. The summed E-state index contributed by atoms with van der Waals surface area (Å²) in [6.07, 6.45) is -0.496. The van der Waals surface area contributed by atoms with Crippen LogP contribution in [0.2, 0.25) is 0 Å². The van der Waals surface area contributed by atoms with Gasteiger partial charge in [0.25, 0.3) is 5.91 Å². The fourth-order valence-electron chi connectivity index (χ4n) is 5.46. The molecule has 0 bridgehead atoms. The molecule has 1 aliphatic heterocycles. The molecule has 0 unspecified atom stereocenters. The van der Waals surface area contributed by atoms with E-state index in [1.54, 1.807) is 32.9 Å². The number of benzene rings is 3. The van der Waals surface area contributed by atoms with Gasteiger partial charge in [0.05, 0.1) is 37.3 Å². The standard InChI is InChI=1S/C39H50N4O8/c1-8-40-31-22-33-29(20-25(31)3)36(30-21-26(4)32(41-9-2)23-34(30)50-33)27-12-10-11-13-28(27)37(45)49-24-35(44)42-14-16-47-18-19-48-17-15-43-38(46)51-39(5,6)7/h10-13,20-23,40H,8-9,14-19,24H2,1-7H3,(H,42,44)(H,43,46)/b41-32+. The van der Waals surface area contributed by atoms with E-state index >= 15 is 0 Å². The number of nitrogens with zero attached hydrogens (tertiary/aromatic N) is 1. The Bertz CT molecular complexity index is 1860. The van der Waals surface area contributed by atoms with Crippen molar-refractivity contribution in [1.29, 1.82) is 0 Å². The maximum Gasteiger partial charge on any atom is 0.407 e. The van der Waals surface area contributed by atoms with Crippen LogP contribution in [0.4, 0.5) is 10.5 Å². The molecule has 0 radical (unpaired) electrons. The molecule has 4 rings (SSSR count). The van der Waals surface area contributed by atoms with Gasteiger partial charge < -0.3 is 39.3 Å². The Labute approximate surface area is 299 Å². The quantitative estimate of drug-likeness (QED) is 0.0726. The van der Waals surface area contributed by atoms with Crippen LogP contribution >= 0.6 is 0 Å². The van der Waals surface area contributed by atoms with Gasteiger partial charge in [0.2, 0.25) is 0 Å². The van der Waals surface area contributed by atoms with Crippen LogP contribution in [-0.4, -0.2) is 82.8 Å². The number of carbonyl (C=O) groups excluding carboxylic acids is 3. The van der Waals surface area contributed by atoms with Crippen molar-refractivity contribution in [2.24, 2.45) is 4.99 Å². The van der Waals surface area contributed by atoms with Gasteiger partial charge in [-0.2, -0.15) is 0 Å². The Kier molecular flexibility index (Phi) is 14.0. The van der Waals surface area contributed by atoms with Crippen molar-refractivity contribution in [2.45, 2.75) is 54.1 Å². The molecule has 2 aromatic rings. The normalized spacial score (nSPS) is 11.9. The van der Waals surface area contributed by atoms with Gasteiger partial charge in [-0.15, -0.1) is 0 Å². The number of aryl methyl sites for hydroxylation is 2. The van der Waals surface area contributed by atoms with Gasteiger partial charge in [0, 0.05) is 60.5 Å². The lowest BCUT2D eigenvalue weighted by Crippen LogP contribution is -2.34. The maximum atomic E-state index is 13.5. The monoisotopic (exact) mass is 702 g/mol. The number of fused-ring (bicyclic) bond motifs is 2. The highest BCUT2D eigenvalue weighted by Crippen LogP contribution is 2.43. The highest BCUT2D eigenvalue weighted by Gasteiger charge is 2.24. The number of hydrogen-bond donors (Lipinski definition) is 3. The second-order valence-electron chi connectivity index (χ2n) is 12.9. The van der Waals surface area contributed by atoms with Crippen LogP contribution in [0, 0.1) is 13.8 Å². The number of nitrogens with one attached hydrogen (secondary N) is 3. The second-order valence-corrected chi connectivity index (χ2v) is 12.9. The summed E-state index contributed by atoms with van der Waals surface area (Å²) in [6.45, 7) is 16.2. The van der Waals surface area contributed by atoms with E-state index in [9.17, 15) is 14.4 Å². The fraction of sp³-hybridized carbons (Fsp3) is 0.436. The molecule has 0 aromatic heterocycles. The van der Waals surface area contributed by atoms with Crippen molar-refractivity contribution in [3.05, 3.63) is 70.6 Å². The first-order valence-electron chi connectivity index (χ1n) is 17.3. The summed E-state index contributed by atoms with van der Waals surface area (Å²) in [5.41, 5.74) is 5.77. The molecular formula is C39H50N4O8. The zero-order chi connectivity index (χ0) is 37.0. The van der Waals surface area contributed by atoms with Gasteiger partial charge in [-0.25, -0.2) is 9.59 Å². The van der Waals surface area contributed by atoms with Crippen molar-refractivity contribution in [3.8, 4) is 22.5 Å². The Morgan fingerprint density at radius 2 is 1.55 bits per heavy atom. The minimum absolute atomic E-state index is 0.235. The summed E-state index contributed by atoms with van der Waals surface area (Å²) in [5, 5.41) is 10.4. The predicted molar refractivity (Wildman–Crippen MR) is 197 cm³/mol. The smallest absolute Gasteiger partial charge is 0.407 e. The first kappa shape index (κ1) is 38.9. The van der Waals surface area contributed by atoms with Crippen LogP contribution in [0.5, 0.6) is 0 Å². The number of rotatable bonds is 16. The Balaban J connectivity index is 1.38. The second kappa shape index (κ2) is 18.3. The third-order valence-electron chi connectivity index (χ3n) is 7.68. The molecule has 51 heavy (non-hydrogen) atoms. The average Bonchev–Trinajstić information content (AvgIpc) is 3.07. The number of carbonyl (C=O) groups is 3. The topological polar surface area (TPSA) is 150 Å². The van der Waals surface area contributed by atoms with Gasteiger partial charge in [0.15, 0.2) is 6.61 Å². The molecular weight excluding hydrogens is 652 g/mol. The molecule has 3 N–H and O–H groups in total. The summed E-state index contributed by atoms with van der Waals surface area (Å²) >= 11 is 0. The molecule has 0 atom stereocenters. The third kappa shape index (κ3) is 11.0. The Morgan fingerprint density at radius 1 is 0.843 bits per heavy atom. The van der Waals surface area contributed by atoms with Crippen LogP contribution < -0.4 is 21.3 Å². The van der Waals surface area contributed by atoms with Crippen LogP contribution in [0.3, 0.4) is 0 Å². The summed E-state index contributed by atoms with van der Waals surface area (Å²) in [5.74, 6) is -0.418.